The molecule has 0 bridgehead atoms. The van der Waals surface area contributed by atoms with Gasteiger partial charge in [0, 0.05) is 5.69 Å². The molecule has 0 aliphatic heterocycles. The van der Waals surface area contributed by atoms with Crippen molar-refractivity contribution in [3.05, 3.63) is 52.6 Å². The maximum atomic E-state index is 11.2. The number of aromatic carboxylic acids is 1. The van der Waals surface area contributed by atoms with Crippen LogP contribution in [-0.4, -0.2) is 11.1 Å². The lowest BCUT2D eigenvalue weighted by Gasteiger charge is -2.06. The molecule has 20 heavy (non-hydrogen) atoms. The Labute approximate surface area is 120 Å². The molecule has 0 fully saturated rings. The summed E-state index contributed by atoms with van der Waals surface area (Å²) in [5.74, 6) is -0.907. The van der Waals surface area contributed by atoms with E-state index in [0.29, 0.717) is 17.7 Å². The van der Waals surface area contributed by atoms with E-state index < -0.39 is 5.97 Å². The lowest BCUT2D eigenvalue weighted by atomic mass is 10.0. The highest BCUT2D eigenvalue weighted by molar-refractivity contribution is 5.90. The number of anilines is 1. The first-order valence-corrected chi connectivity index (χ1v) is 6.81. The van der Waals surface area contributed by atoms with Gasteiger partial charge < -0.3 is 10.8 Å². The van der Waals surface area contributed by atoms with Crippen LogP contribution in [0.1, 0.15) is 49.5 Å². The van der Waals surface area contributed by atoms with Crippen molar-refractivity contribution in [2.75, 3.05) is 5.73 Å². The lowest BCUT2D eigenvalue weighted by molar-refractivity contribution is 0.0696. The van der Waals surface area contributed by atoms with Gasteiger partial charge in [-0.1, -0.05) is 23.3 Å². The minimum absolute atomic E-state index is 0.326. The van der Waals surface area contributed by atoms with E-state index in [9.17, 15) is 4.79 Å². The Morgan fingerprint density at radius 1 is 1.25 bits per heavy atom. The van der Waals surface area contributed by atoms with E-state index in [0.717, 1.165) is 18.4 Å². The molecule has 0 radical (unpaired) electrons. The van der Waals surface area contributed by atoms with Crippen LogP contribution in [0.3, 0.4) is 0 Å². The van der Waals surface area contributed by atoms with Gasteiger partial charge in [0.25, 0.3) is 0 Å². The fourth-order valence-corrected chi connectivity index (χ4v) is 1.97. The summed E-state index contributed by atoms with van der Waals surface area (Å²) in [6, 6.07) is 4.93. The van der Waals surface area contributed by atoms with Gasteiger partial charge in [-0.3, -0.25) is 0 Å². The molecular weight excluding hydrogens is 250 g/mol. The summed E-state index contributed by atoms with van der Waals surface area (Å²) in [5, 5.41) is 9.16. The highest BCUT2D eigenvalue weighted by Crippen LogP contribution is 2.16. The van der Waals surface area contributed by atoms with Crippen molar-refractivity contribution >= 4 is 11.7 Å². The smallest absolute Gasteiger partial charge is 0.335 e. The van der Waals surface area contributed by atoms with Crippen LogP contribution in [0.4, 0.5) is 5.69 Å². The number of carboxylic acid groups (broad SMARTS) is 1. The fourth-order valence-electron chi connectivity index (χ4n) is 1.97. The summed E-state index contributed by atoms with van der Waals surface area (Å²) in [6.07, 6.45) is 6.91. The zero-order valence-electron chi connectivity index (χ0n) is 12.4. The van der Waals surface area contributed by atoms with E-state index in [4.69, 9.17) is 10.8 Å². The van der Waals surface area contributed by atoms with Gasteiger partial charge in [-0.2, -0.15) is 0 Å². The molecule has 0 aromatic heterocycles. The minimum atomic E-state index is -0.907. The molecule has 1 aromatic carbocycles. The fraction of sp³-hybridized carbons (Fsp3) is 0.353. The second-order valence-corrected chi connectivity index (χ2v) is 5.30. The summed E-state index contributed by atoms with van der Waals surface area (Å²) >= 11 is 0. The van der Waals surface area contributed by atoms with Crippen molar-refractivity contribution in [1.82, 2.24) is 0 Å². The van der Waals surface area contributed by atoms with Crippen molar-refractivity contribution < 1.29 is 9.90 Å². The average Bonchev–Trinajstić information content (AvgIpc) is 2.35. The molecule has 1 rings (SSSR count). The molecule has 0 saturated carbocycles. The molecule has 3 heteroatoms. The molecule has 3 nitrogen and oxygen atoms in total. The van der Waals surface area contributed by atoms with Crippen molar-refractivity contribution in [2.45, 2.75) is 40.0 Å². The molecule has 0 aliphatic carbocycles. The number of carboxylic acids is 1. The second-order valence-electron chi connectivity index (χ2n) is 5.30. The number of benzene rings is 1. The van der Waals surface area contributed by atoms with Crippen LogP contribution in [0.15, 0.2) is 41.5 Å². The molecule has 0 atom stereocenters. The van der Waals surface area contributed by atoms with Crippen molar-refractivity contribution in [3.8, 4) is 0 Å². The zero-order valence-corrected chi connectivity index (χ0v) is 12.4. The van der Waals surface area contributed by atoms with E-state index in [1.165, 1.54) is 11.1 Å². The molecule has 1 aromatic rings. The van der Waals surface area contributed by atoms with Gasteiger partial charge in [0.05, 0.1) is 5.56 Å². The minimum Gasteiger partial charge on any atom is -0.478 e. The first-order chi connectivity index (χ1) is 9.40. The SMILES string of the molecule is CC(C)=CCC/C(C)=C/Cc1cc(N)ccc1C(=O)O. The molecule has 108 valence electrons. The topological polar surface area (TPSA) is 63.3 Å². The summed E-state index contributed by atoms with van der Waals surface area (Å²) < 4.78 is 0. The van der Waals surface area contributed by atoms with E-state index in [2.05, 4.69) is 32.9 Å². The number of rotatable bonds is 6. The Morgan fingerprint density at radius 3 is 2.55 bits per heavy atom. The quantitative estimate of drug-likeness (QED) is 0.603. The molecule has 0 aliphatic rings. The van der Waals surface area contributed by atoms with E-state index in [-0.39, 0.29) is 0 Å². The summed E-state index contributed by atoms with van der Waals surface area (Å²) in [6.45, 7) is 6.25. The van der Waals surface area contributed by atoms with Crippen molar-refractivity contribution in [2.24, 2.45) is 0 Å². The van der Waals surface area contributed by atoms with Gasteiger partial charge in [0.1, 0.15) is 0 Å². The van der Waals surface area contributed by atoms with Crippen LogP contribution in [0.5, 0.6) is 0 Å². The van der Waals surface area contributed by atoms with Crippen molar-refractivity contribution in [3.63, 3.8) is 0 Å². The lowest BCUT2D eigenvalue weighted by Crippen LogP contribution is -2.03. The first kappa shape index (κ1) is 16.0. The van der Waals surface area contributed by atoms with E-state index in [1.54, 1.807) is 18.2 Å². The average molecular weight is 273 g/mol. The summed E-state index contributed by atoms with van der Waals surface area (Å²) in [7, 11) is 0. The number of hydrogen-bond acceptors (Lipinski definition) is 2. The maximum absolute atomic E-state index is 11.2. The first-order valence-electron chi connectivity index (χ1n) is 6.81. The third-order valence-corrected chi connectivity index (χ3v) is 3.12. The number of allylic oxidation sites excluding steroid dienone is 4. The number of nitrogens with two attached hydrogens (primary N) is 1. The number of nitrogen functional groups attached to an aromatic ring is 1. The summed E-state index contributed by atoms with van der Waals surface area (Å²) in [4.78, 5) is 11.2. The molecule has 0 unspecified atom stereocenters. The van der Waals surface area contributed by atoms with Gasteiger partial charge in [0.15, 0.2) is 0 Å². The Hall–Kier alpha value is -2.03. The highest BCUT2D eigenvalue weighted by atomic mass is 16.4. The summed E-state index contributed by atoms with van der Waals surface area (Å²) in [5.41, 5.74) is 10.00. The standard InChI is InChI=1S/C17H23NO2/c1-12(2)5-4-6-13(3)7-8-14-11-15(18)9-10-16(14)17(19)20/h5,7,9-11H,4,6,8,18H2,1-3H3,(H,19,20)/b13-7+. The Bertz CT molecular complexity index is 538. The molecule has 0 spiro atoms. The second kappa shape index (κ2) is 7.53. The van der Waals surface area contributed by atoms with Crippen LogP contribution in [0.2, 0.25) is 0 Å². The Balaban J connectivity index is 2.75. The Kier molecular flexibility index (Phi) is 6.04. The molecule has 0 heterocycles. The number of hydrogen-bond donors (Lipinski definition) is 2. The third kappa shape index (κ3) is 5.31. The monoisotopic (exact) mass is 273 g/mol. The predicted octanol–water partition coefficient (Wildman–Crippen LogP) is 4.20. The van der Waals surface area contributed by atoms with Gasteiger partial charge in [-0.25, -0.2) is 4.79 Å². The molecule has 3 N–H and O–H groups in total. The van der Waals surface area contributed by atoms with Gasteiger partial charge in [0.2, 0.25) is 0 Å². The van der Waals surface area contributed by atoms with Crippen LogP contribution < -0.4 is 5.73 Å². The van der Waals surface area contributed by atoms with Gasteiger partial charge in [-0.05, 0) is 63.8 Å². The highest BCUT2D eigenvalue weighted by Gasteiger charge is 2.08. The molecular formula is C17H23NO2. The van der Waals surface area contributed by atoms with Gasteiger partial charge >= 0.3 is 5.97 Å². The van der Waals surface area contributed by atoms with Crippen molar-refractivity contribution in [1.29, 1.82) is 0 Å². The maximum Gasteiger partial charge on any atom is 0.335 e. The van der Waals surface area contributed by atoms with E-state index >= 15 is 0 Å². The van der Waals surface area contributed by atoms with Crippen LogP contribution >= 0.6 is 0 Å². The third-order valence-electron chi connectivity index (χ3n) is 3.12. The molecule has 0 saturated heterocycles. The van der Waals surface area contributed by atoms with Crippen LogP contribution in [-0.2, 0) is 6.42 Å². The normalized spacial score (nSPS) is 11.2. The van der Waals surface area contributed by atoms with E-state index in [1.807, 2.05) is 0 Å². The molecule has 0 amide bonds. The largest absolute Gasteiger partial charge is 0.478 e. The predicted molar refractivity (Wildman–Crippen MR) is 83.9 cm³/mol. The van der Waals surface area contributed by atoms with Crippen LogP contribution in [0.25, 0.3) is 0 Å². The zero-order chi connectivity index (χ0) is 15.1. The van der Waals surface area contributed by atoms with Gasteiger partial charge in [-0.15, -0.1) is 0 Å². The Morgan fingerprint density at radius 2 is 1.95 bits per heavy atom. The number of carbonyl (C=O) groups is 1. The van der Waals surface area contributed by atoms with Crippen LogP contribution in [0, 0.1) is 0 Å².